The number of hydrogen-bond donors (Lipinski definition) is 2. The van der Waals surface area contributed by atoms with E-state index in [0.717, 1.165) is 25.0 Å². The Labute approximate surface area is 187 Å². The lowest BCUT2D eigenvalue weighted by molar-refractivity contribution is -0.193. The van der Waals surface area contributed by atoms with Crippen LogP contribution in [-0.2, 0) is 14.3 Å². The van der Waals surface area contributed by atoms with Crippen LogP contribution in [-0.4, -0.2) is 95.8 Å². The summed E-state index contributed by atoms with van der Waals surface area (Å²) in [6.45, 7) is 8.48. The Hall–Kier alpha value is -1.60. The van der Waals surface area contributed by atoms with E-state index in [4.69, 9.17) is 24.5 Å². The molecular formula is C20H30F6N2O5. The molecule has 13 heteroatoms. The fraction of sp³-hybridized carbons (Fsp3) is 0.900. The van der Waals surface area contributed by atoms with Crippen LogP contribution >= 0.6 is 0 Å². The minimum absolute atomic E-state index is 0.404. The molecule has 1 spiro atoms. The standard InChI is InChI=1S/C16H28N2O.2C2HF3O2/c1-2-14(1)11-17-7-5-16(6-8-17)13-19-10-9-18(16)12-15-3-4-15;2*3-2(4,5)1(6)7/h14-15H,1-13H2;2*(H,6,7). The molecule has 2 aliphatic heterocycles. The molecule has 4 fully saturated rings. The molecular weight excluding hydrogens is 462 g/mol. The number of piperidine rings is 1. The van der Waals surface area contributed by atoms with Gasteiger partial charge in [-0.25, -0.2) is 9.59 Å². The minimum Gasteiger partial charge on any atom is -0.475 e. The van der Waals surface area contributed by atoms with E-state index >= 15 is 0 Å². The summed E-state index contributed by atoms with van der Waals surface area (Å²) in [6.07, 6.45) is -1.57. The third kappa shape index (κ3) is 9.65. The van der Waals surface area contributed by atoms with Crippen molar-refractivity contribution in [3.63, 3.8) is 0 Å². The number of ether oxygens (including phenoxy) is 1. The Kier molecular flexibility index (Phi) is 9.40. The first kappa shape index (κ1) is 27.6. The highest BCUT2D eigenvalue weighted by Gasteiger charge is 2.44. The molecule has 4 rings (SSSR count). The van der Waals surface area contributed by atoms with Gasteiger partial charge in [0.1, 0.15) is 0 Å². The predicted octanol–water partition coefficient (Wildman–Crippen LogP) is 3.24. The van der Waals surface area contributed by atoms with E-state index in [-0.39, 0.29) is 0 Å². The number of nitrogens with zero attached hydrogens (tertiary/aromatic N) is 2. The summed E-state index contributed by atoms with van der Waals surface area (Å²) >= 11 is 0. The van der Waals surface area contributed by atoms with Crippen molar-refractivity contribution >= 4 is 11.9 Å². The lowest BCUT2D eigenvalue weighted by atomic mass is 9.85. The van der Waals surface area contributed by atoms with Crippen LogP contribution in [0.1, 0.15) is 38.5 Å². The summed E-state index contributed by atoms with van der Waals surface area (Å²) in [4.78, 5) is 23.3. The first-order chi connectivity index (χ1) is 15.2. The lowest BCUT2D eigenvalue weighted by Gasteiger charge is -2.51. The second kappa shape index (κ2) is 11.2. The molecule has 4 aliphatic rings. The number of hydrogen-bond acceptors (Lipinski definition) is 5. The number of carboxylic acid groups (broad SMARTS) is 2. The Morgan fingerprint density at radius 1 is 0.818 bits per heavy atom. The summed E-state index contributed by atoms with van der Waals surface area (Å²) in [6, 6.07) is 0. The molecule has 0 aromatic carbocycles. The highest BCUT2D eigenvalue weighted by molar-refractivity contribution is 5.73. The average molecular weight is 492 g/mol. The number of morpholine rings is 1. The van der Waals surface area contributed by atoms with Crippen molar-refractivity contribution in [2.45, 2.75) is 56.4 Å². The SMILES string of the molecule is C1CN(CC2CC2)C2(CCN(CC3CC3)CC2)CO1.O=C(O)C(F)(F)F.O=C(O)C(F)(F)F. The third-order valence-corrected chi connectivity index (χ3v) is 6.21. The van der Waals surface area contributed by atoms with Crippen molar-refractivity contribution in [3.05, 3.63) is 0 Å². The molecule has 7 nitrogen and oxygen atoms in total. The smallest absolute Gasteiger partial charge is 0.475 e. The van der Waals surface area contributed by atoms with E-state index in [1.165, 1.54) is 71.2 Å². The molecule has 2 saturated heterocycles. The van der Waals surface area contributed by atoms with Crippen molar-refractivity contribution in [2.75, 3.05) is 45.9 Å². The van der Waals surface area contributed by atoms with Crippen LogP contribution in [0.5, 0.6) is 0 Å². The fourth-order valence-electron chi connectivity index (χ4n) is 3.94. The van der Waals surface area contributed by atoms with E-state index in [1.807, 2.05) is 0 Å². The number of aliphatic carboxylic acids is 2. The third-order valence-electron chi connectivity index (χ3n) is 6.21. The van der Waals surface area contributed by atoms with Crippen LogP contribution in [0.15, 0.2) is 0 Å². The largest absolute Gasteiger partial charge is 0.490 e. The number of alkyl halides is 6. The zero-order valence-corrected chi connectivity index (χ0v) is 18.1. The molecule has 33 heavy (non-hydrogen) atoms. The van der Waals surface area contributed by atoms with E-state index in [1.54, 1.807) is 0 Å². The molecule has 0 atom stereocenters. The number of rotatable bonds is 4. The zero-order valence-electron chi connectivity index (χ0n) is 18.1. The second-order valence-corrected chi connectivity index (χ2v) is 9.02. The predicted molar refractivity (Wildman–Crippen MR) is 104 cm³/mol. The van der Waals surface area contributed by atoms with Crippen LogP contribution in [0.4, 0.5) is 26.3 Å². The monoisotopic (exact) mass is 492 g/mol. The van der Waals surface area contributed by atoms with Crippen LogP contribution in [0.3, 0.4) is 0 Å². The van der Waals surface area contributed by atoms with E-state index in [0.29, 0.717) is 5.54 Å². The van der Waals surface area contributed by atoms with Gasteiger partial charge in [-0.15, -0.1) is 0 Å². The molecule has 0 aromatic rings. The molecule has 0 unspecified atom stereocenters. The van der Waals surface area contributed by atoms with Gasteiger partial charge >= 0.3 is 24.3 Å². The minimum atomic E-state index is -5.08. The Morgan fingerprint density at radius 2 is 1.24 bits per heavy atom. The van der Waals surface area contributed by atoms with Gasteiger partial charge in [0.15, 0.2) is 0 Å². The number of carbonyl (C=O) groups is 2. The van der Waals surface area contributed by atoms with Crippen molar-refractivity contribution in [1.29, 1.82) is 0 Å². The van der Waals surface area contributed by atoms with Gasteiger partial charge in [0.05, 0.1) is 13.2 Å². The lowest BCUT2D eigenvalue weighted by Crippen LogP contribution is -2.61. The maximum absolute atomic E-state index is 10.6. The van der Waals surface area contributed by atoms with Gasteiger partial charge in [0.25, 0.3) is 0 Å². The second-order valence-electron chi connectivity index (χ2n) is 9.02. The fourth-order valence-corrected chi connectivity index (χ4v) is 3.94. The van der Waals surface area contributed by atoms with Crippen molar-refractivity contribution in [2.24, 2.45) is 11.8 Å². The average Bonchev–Trinajstić information content (AvgIpc) is 3.62. The van der Waals surface area contributed by atoms with Gasteiger partial charge in [-0.1, -0.05) is 0 Å². The van der Waals surface area contributed by atoms with Crippen LogP contribution in [0, 0.1) is 11.8 Å². The van der Waals surface area contributed by atoms with Gasteiger partial charge < -0.3 is 19.8 Å². The molecule has 2 aliphatic carbocycles. The molecule has 0 aromatic heterocycles. The van der Waals surface area contributed by atoms with E-state index in [9.17, 15) is 26.3 Å². The number of halogens is 6. The van der Waals surface area contributed by atoms with Crippen LogP contribution < -0.4 is 0 Å². The quantitative estimate of drug-likeness (QED) is 0.583. The van der Waals surface area contributed by atoms with Crippen LogP contribution in [0.2, 0.25) is 0 Å². The van der Waals surface area contributed by atoms with Crippen molar-refractivity contribution < 1.29 is 50.9 Å². The first-order valence-electron chi connectivity index (χ1n) is 10.9. The van der Waals surface area contributed by atoms with Gasteiger partial charge in [-0.3, -0.25) is 4.90 Å². The summed E-state index contributed by atoms with van der Waals surface area (Å²) in [5.41, 5.74) is 0.404. The maximum Gasteiger partial charge on any atom is 0.490 e. The van der Waals surface area contributed by atoms with E-state index in [2.05, 4.69) is 9.80 Å². The molecule has 0 amide bonds. The topological polar surface area (TPSA) is 90.3 Å². The van der Waals surface area contributed by atoms with Crippen molar-refractivity contribution in [3.8, 4) is 0 Å². The Bertz CT molecular complexity index is 632. The first-order valence-corrected chi connectivity index (χ1v) is 10.9. The normalized spacial score (nSPS) is 23.7. The molecule has 2 saturated carbocycles. The van der Waals surface area contributed by atoms with Crippen molar-refractivity contribution in [1.82, 2.24) is 9.80 Å². The van der Waals surface area contributed by atoms with Crippen LogP contribution in [0.25, 0.3) is 0 Å². The molecule has 2 N–H and O–H groups in total. The Balaban J connectivity index is 0.000000230. The Morgan fingerprint density at radius 3 is 1.64 bits per heavy atom. The summed E-state index contributed by atoms with van der Waals surface area (Å²) in [5.74, 6) is -3.46. The molecule has 192 valence electrons. The number of likely N-dealkylation sites (tertiary alicyclic amines) is 1. The van der Waals surface area contributed by atoms with E-state index < -0.39 is 24.3 Å². The van der Waals surface area contributed by atoms with Gasteiger partial charge in [-0.05, 0) is 63.5 Å². The van der Waals surface area contributed by atoms with Gasteiger partial charge in [0.2, 0.25) is 0 Å². The summed E-state index contributed by atoms with van der Waals surface area (Å²) in [5, 5.41) is 14.2. The van der Waals surface area contributed by atoms with Gasteiger partial charge in [-0.2, -0.15) is 26.3 Å². The summed E-state index contributed by atoms with van der Waals surface area (Å²) in [7, 11) is 0. The number of carboxylic acids is 2. The highest BCUT2D eigenvalue weighted by atomic mass is 19.4. The highest BCUT2D eigenvalue weighted by Crippen LogP contribution is 2.38. The molecule has 0 bridgehead atoms. The van der Waals surface area contributed by atoms with Gasteiger partial charge in [0, 0.05) is 25.2 Å². The summed E-state index contributed by atoms with van der Waals surface area (Å²) < 4.78 is 69.3. The zero-order chi connectivity index (χ0) is 24.9. The maximum atomic E-state index is 10.6. The molecule has 0 radical (unpaired) electrons. The molecule has 2 heterocycles.